The smallest absolute Gasteiger partial charge is 0.410 e. The van der Waals surface area contributed by atoms with Gasteiger partial charge in [-0.3, -0.25) is 9.78 Å². The van der Waals surface area contributed by atoms with Gasteiger partial charge in [0, 0.05) is 48.4 Å². The first kappa shape index (κ1) is 28.2. The molecule has 2 amide bonds. The molecule has 6 rings (SSSR count). The Bertz CT molecular complexity index is 1600. The number of hydrogen-bond acceptors (Lipinski definition) is 5. The maximum Gasteiger partial charge on any atom is 0.410 e. The van der Waals surface area contributed by atoms with Crippen LogP contribution >= 0.6 is 11.6 Å². The number of carbonyl (C=O) groups is 2. The summed E-state index contributed by atoms with van der Waals surface area (Å²) < 4.78 is 7.58. The minimum absolute atomic E-state index is 0.0488. The molecule has 1 aromatic carbocycles. The molecule has 1 saturated heterocycles. The van der Waals surface area contributed by atoms with Crippen LogP contribution in [0.5, 0.6) is 0 Å². The Morgan fingerprint density at radius 3 is 2.55 bits per heavy atom. The van der Waals surface area contributed by atoms with Gasteiger partial charge in [0.15, 0.2) is 0 Å². The van der Waals surface area contributed by atoms with Crippen molar-refractivity contribution in [1.29, 1.82) is 0 Å². The number of hydrogen-bond donors (Lipinski definition) is 1. The fourth-order valence-corrected chi connectivity index (χ4v) is 5.96. The van der Waals surface area contributed by atoms with Gasteiger partial charge in [0.25, 0.3) is 0 Å². The van der Waals surface area contributed by atoms with Crippen LogP contribution in [-0.2, 0) is 16.6 Å². The number of pyridine rings is 1. The summed E-state index contributed by atoms with van der Waals surface area (Å²) in [5.74, 6) is 0.0992. The van der Waals surface area contributed by atoms with Gasteiger partial charge in [-0.25, -0.2) is 9.78 Å². The third-order valence-corrected chi connectivity index (χ3v) is 8.25. The zero-order valence-electron chi connectivity index (χ0n) is 24.5. The molecule has 2 aromatic heterocycles. The number of benzene rings is 1. The first-order valence-electron chi connectivity index (χ1n) is 14.5. The van der Waals surface area contributed by atoms with Crippen molar-refractivity contribution in [3.05, 3.63) is 87.7 Å². The molecule has 0 spiro atoms. The Labute approximate surface area is 251 Å². The molecular weight excluding hydrogens is 550 g/mol. The summed E-state index contributed by atoms with van der Waals surface area (Å²) in [7, 11) is 1.94. The van der Waals surface area contributed by atoms with Crippen molar-refractivity contribution in [2.45, 2.75) is 58.1 Å². The van der Waals surface area contributed by atoms with Gasteiger partial charge in [-0.15, -0.1) is 0 Å². The van der Waals surface area contributed by atoms with E-state index >= 15 is 0 Å². The van der Waals surface area contributed by atoms with Gasteiger partial charge >= 0.3 is 6.09 Å². The number of nitrogens with one attached hydrogen (secondary N) is 1. The molecule has 3 aromatic rings. The van der Waals surface area contributed by atoms with Gasteiger partial charge in [-0.2, -0.15) is 0 Å². The summed E-state index contributed by atoms with van der Waals surface area (Å²) in [4.78, 5) is 37.0. The van der Waals surface area contributed by atoms with Gasteiger partial charge in [-0.05, 0) is 87.4 Å². The van der Waals surface area contributed by atoms with E-state index in [0.29, 0.717) is 31.0 Å². The Morgan fingerprint density at radius 1 is 1.12 bits per heavy atom. The number of carbonyl (C=O) groups excluding carboxylic acids is 2. The second-order valence-electron chi connectivity index (χ2n) is 12.3. The third-order valence-electron chi connectivity index (χ3n) is 8.02. The van der Waals surface area contributed by atoms with E-state index in [1.807, 2.05) is 63.0 Å². The molecule has 1 unspecified atom stereocenters. The quantitative estimate of drug-likeness (QED) is 0.381. The number of piperidine rings is 1. The van der Waals surface area contributed by atoms with E-state index in [1.165, 1.54) is 5.57 Å². The number of amides is 2. The van der Waals surface area contributed by atoms with Crippen molar-refractivity contribution >= 4 is 40.8 Å². The van der Waals surface area contributed by atoms with E-state index in [9.17, 15) is 9.59 Å². The van der Waals surface area contributed by atoms with Crippen molar-refractivity contribution < 1.29 is 14.3 Å². The molecule has 0 radical (unpaired) electrons. The summed E-state index contributed by atoms with van der Waals surface area (Å²) in [6.07, 6.45) is 10.4. The van der Waals surface area contributed by atoms with Gasteiger partial charge in [0.2, 0.25) is 5.91 Å². The first-order chi connectivity index (χ1) is 20.1. The Balaban J connectivity index is 1.47. The second-order valence-corrected chi connectivity index (χ2v) is 12.8. The van der Waals surface area contributed by atoms with Crippen LogP contribution in [0, 0.1) is 5.92 Å². The Morgan fingerprint density at radius 2 is 1.88 bits per heavy atom. The van der Waals surface area contributed by atoms with E-state index in [2.05, 4.69) is 28.5 Å². The number of aryl methyl sites for hydroxylation is 1. The molecule has 9 heteroatoms. The maximum atomic E-state index is 13.2. The summed E-state index contributed by atoms with van der Waals surface area (Å²) in [6, 6.07) is 9.51. The van der Waals surface area contributed by atoms with Crippen molar-refractivity contribution in [3.63, 3.8) is 0 Å². The molecule has 1 saturated carbocycles. The van der Waals surface area contributed by atoms with Crippen LogP contribution < -0.4 is 5.32 Å². The number of fused-ring (bicyclic) bond motifs is 2. The molecule has 1 atom stereocenters. The largest absolute Gasteiger partial charge is 0.444 e. The summed E-state index contributed by atoms with van der Waals surface area (Å²) in [5.41, 5.74) is 7.36. The summed E-state index contributed by atoms with van der Waals surface area (Å²) >= 11 is 6.65. The monoisotopic (exact) mass is 585 g/mol. The van der Waals surface area contributed by atoms with Crippen molar-refractivity contribution in [2.75, 3.05) is 13.1 Å². The lowest BCUT2D eigenvalue weighted by atomic mass is 9.86. The van der Waals surface area contributed by atoms with E-state index in [-0.39, 0.29) is 17.9 Å². The van der Waals surface area contributed by atoms with Gasteiger partial charge in [0.1, 0.15) is 5.60 Å². The van der Waals surface area contributed by atoms with Crippen molar-refractivity contribution in [2.24, 2.45) is 13.0 Å². The standard InChI is InChI=1S/C33H36ClN5O3/c1-33(2,3)42-32(41)39-14-11-20(12-15-39)28-24-10-9-23(34)17-25(24)26(16-22-6-5-13-36-29(22)28)30(27-18-35-19-38(27)4)37-31(40)21-7-8-21/h5-6,9-10,13,16-19,21,30H,7-8,11-12,14-15H2,1-4H3,(H,37,40). The molecule has 1 N–H and O–H groups in total. The predicted octanol–water partition coefficient (Wildman–Crippen LogP) is 6.42. The lowest BCUT2D eigenvalue weighted by molar-refractivity contribution is -0.122. The van der Waals surface area contributed by atoms with Crippen LogP contribution in [-0.4, -0.2) is 50.1 Å². The summed E-state index contributed by atoms with van der Waals surface area (Å²) in [5, 5.41) is 3.95. The number of likely N-dealkylation sites (tertiary alicyclic amines) is 1. The molecule has 218 valence electrons. The molecule has 42 heavy (non-hydrogen) atoms. The molecule has 2 aliphatic carbocycles. The van der Waals surface area contributed by atoms with E-state index in [4.69, 9.17) is 21.3 Å². The fourth-order valence-electron chi connectivity index (χ4n) is 5.78. The van der Waals surface area contributed by atoms with Crippen LogP contribution in [0.1, 0.15) is 80.6 Å². The second kappa shape index (κ2) is 11.1. The highest BCUT2D eigenvalue weighted by Gasteiger charge is 2.35. The average molecular weight is 586 g/mol. The van der Waals surface area contributed by atoms with Gasteiger partial charge < -0.3 is 19.5 Å². The summed E-state index contributed by atoms with van der Waals surface area (Å²) in [6.45, 7) is 6.78. The minimum atomic E-state index is -0.542. The number of imidazole rings is 1. The zero-order chi connectivity index (χ0) is 29.6. The molecule has 3 heterocycles. The Kier molecular flexibility index (Phi) is 7.43. The topological polar surface area (TPSA) is 89.4 Å². The number of ether oxygens (including phenoxy) is 1. The van der Waals surface area contributed by atoms with Crippen molar-refractivity contribution in [3.8, 4) is 0 Å². The zero-order valence-corrected chi connectivity index (χ0v) is 25.2. The average Bonchev–Trinajstić information content (AvgIpc) is 3.74. The van der Waals surface area contributed by atoms with E-state index in [1.54, 1.807) is 11.2 Å². The highest BCUT2D eigenvalue weighted by molar-refractivity contribution is 6.31. The van der Waals surface area contributed by atoms with E-state index in [0.717, 1.165) is 52.1 Å². The number of halogens is 1. The number of nitrogens with zero attached hydrogens (tertiary/aromatic N) is 4. The molecule has 8 nitrogen and oxygen atoms in total. The molecule has 1 aliphatic heterocycles. The highest BCUT2D eigenvalue weighted by Crippen LogP contribution is 2.45. The first-order valence-corrected chi connectivity index (χ1v) is 14.9. The molecule has 0 bridgehead atoms. The maximum absolute atomic E-state index is 13.2. The highest BCUT2D eigenvalue weighted by atomic mass is 35.5. The predicted molar refractivity (Wildman–Crippen MR) is 163 cm³/mol. The van der Waals surface area contributed by atoms with Gasteiger partial charge in [0.05, 0.1) is 30.0 Å². The van der Waals surface area contributed by atoms with E-state index < -0.39 is 11.6 Å². The number of aromatic nitrogens is 3. The molecule has 3 aliphatic rings. The normalized spacial score (nSPS) is 17.5. The van der Waals surface area contributed by atoms with Crippen LogP contribution in [0.15, 0.2) is 54.6 Å². The molecule has 2 fully saturated rings. The Hall–Kier alpha value is -3.91. The number of rotatable bonds is 4. The minimum Gasteiger partial charge on any atom is -0.444 e. The van der Waals surface area contributed by atoms with Gasteiger partial charge in [-0.1, -0.05) is 29.3 Å². The van der Waals surface area contributed by atoms with Crippen LogP contribution in [0.3, 0.4) is 0 Å². The molecular formula is C33H36ClN5O3. The third kappa shape index (κ3) is 5.73. The van der Waals surface area contributed by atoms with Crippen LogP contribution in [0.4, 0.5) is 4.79 Å². The van der Waals surface area contributed by atoms with Crippen LogP contribution in [0.25, 0.3) is 17.2 Å². The fraction of sp³-hybridized carbons (Fsp3) is 0.394. The van der Waals surface area contributed by atoms with Crippen LogP contribution in [0.2, 0.25) is 5.02 Å². The van der Waals surface area contributed by atoms with Crippen molar-refractivity contribution in [1.82, 2.24) is 24.8 Å². The lowest BCUT2D eigenvalue weighted by Crippen LogP contribution is -2.40. The SMILES string of the molecule is Cn1cncc1C(NC(=O)C1CC1)C1=Cc2cccnc2C(=C2CCN(C(=O)OC(C)(C)C)CC2)c2ccc(Cl)cc21. The lowest BCUT2D eigenvalue weighted by Gasteiger charge is -2.32.